The van der Waals surface area contributed by atoms with Crippen LogP contribution in [0.1, 0.15) is 45.4 Å². The van der Waals surface area contributed by atoms with Crippen LogP contribution in [0.2, 0.25) is 0 Å². The normalized spacial score (nSPS) is 18.8. The van der Waals surface area contributed by atoms with Crippen molar-refractivity contribution in [1.29, 1.82) is 0 Å². The SMILES string of the molecule is C=CCN(C/C=C/CC)C1CCCCC1. The molecule has 0 amide bonds. The Morgan fingerprint density at radius 3 is 2.47 bits per heavy atom. The van der Waals surface area contributed by atoms with E-state index in [1.165, 1.54) is 32.1 Å². The second kappa shape index (κ2) is 7.70. The van der Waals surface area contributed by atoms with Gasteiger partial charge in [0, 0.05) is 19.1 Å². The molecule has 1 nitrogen and oxygen atoms in total. The van der Waals surface area contributed by atoms with E-state index in [0.29, 0.717) is 0 Å². The summed E-state index contributed by atoms with van der Waals surface area (Å²) >= 11 is 0. The highest BCUT2D eigenvalue weighted by molar-refractivity contribution is 4.89. The van der Waals surface area contributed by atoms with Gasteiger partial charge < -0.3 is 0 Å². The van der Waals surface area contributed by atoms with Gasteiger partial charge in [-0.15, -0.1) is 6.58 Å². The Bertz CT molecular complexity index is 190. The summed E-state index contributed by atoms with van der Waals surface area (Å²) in [5, 5.41) is 0. The van der Waals surface area contributed by atoms with Crippen molar-refractivity contribution in [2.45, 2.75) is 51.5 Å². The second-order valence-electron chi connectivity index (χ2n) is 4.41. The number of allylic oxidation sites excluding steroid dienone is 1. The molecule has 0 unspecified atom stereocenters. The van der Waals surface area contributed by atoms with Crippen LogP contribution in [-0.4, -0.2) is 24.0 Å². The molecule has 1 rings (SSSR count). The molecule has 1 saturated carbocycles. The van der Waals surface area contributed by atoms with Crippen molar-refractivity contribution in [3.63, 3.8) is 0 Å². The van der Waals surface area contributed by atoms with E-state index in [9.17, 15) is 0 Å². The lowest BCUT2D eigenvalue weighted by molar-refractivity contribution is 0.189. The average molecular weight is 207 g/mol. The summed E-state index contributed by atoms with van der Waals surface area (Å²) in [5.41, 5.74) is 0. The fourth-order valence-electron chi connectivity index (χ4n) is 2.36. The molecule has 0 saturated heterocycles. The van der Waals surface area contributed by atoms with Gasteiger partial charge >= 0.3 is 0 Å². The van der Waals surface area contributed by atoms with Crippen LogP contribution in [0, 0.1) is 0 Å². The van der Waals surface area contributed by atoms with Gasteiger partial charge in [0.05, 0.1) is 0 Å². The van der Waals surface area contributed by atoms with E-state index in [1.54, 1.807) is 0 Å². The molecular weight excluding hydrogens is 182 g/mol. The lowest BCUT2D eigenvalue weighted by Gasteiger charge is -2.32. The molecule has 15 heavy (non-hydrogen) atoms. The maximum absolute atomic E-state index is 3.86. The zero-order valence-corrected chi connectivity index (χ0v) is 10.1. The number of hydrogen-bond donors (Lipinski definition) is 0. The van der Waals surface area contributed by atoms with Crippen molar-refractivity contribution in [3.05, 3.63) is 24.8 Å². The Kier molecular flexibility index (Phi) is 6.42. The lowest BCUT2D eigenvalue weighted by Crippen LogP contribution is -2.37. The second-order valence-corrected chi connectivity index (χ2v) is 4.41. The smallest absolute Gasteiger partial charge is 0.0169 e. The highest BCUT2D eigenvalue weighted by atomic mass is 15.1. The lowest BCUT2D eigenvalue weighted by atomic mass is 9.94. The molecule has 1 fully saturated rings. The van der Waals surface area contributed by atoms with Crippen LogP contribution < -0.4 is 0 Å². The Labute approximate surface area is 94.9 Å². The van der Waals surface area contributed by atoms with E-state index in [1.807, 2.05) is 6.08 Å². The maximum Gasteiger partial charge on any atom is 0.0169 e. The number of hydrogen-bond acceptors (Lipinski definition) is 1. The average Bonchev–Trinajstić information content (AvgIpc) is 2.29. The predicted molar refractivity (Wildman–Crippen MR) is 68.1 cm³/mol. The molecule has 0 spiro atoms. The van der Waals surface area contributed by atoms with Crippen LogP contribution in [0.15, 0.2) is 24.8 Å². The van der Waals surface area contributed by atoms with Crippen LogP contribution in [0.25, 0.3) is 0 Å². The number of nitrogens with zero attached hydrogens (tertiary/aromatic N) is 1. The Morgan fingerprint density at radius 2 is 1.87 bits per heavy atom. The third-order valence-electron chi connectivity index (χ3n) is 3.20. The zero-order valence-electron chi connectivity index (χ0n) is 10.1. The first kappa shape index (κ1) is 12.5. The summed E-state index contributed by atoms with van der Waals surface area (Å²) in [7, 11) is 0. The summed E-state index contributed by atoms with van der Waals surface area (Å²) < 4.78 is 0. The minimum atomic E-state index is 0.804. The molecule has 0 heterocycles. The first-order valence-electron chi connectivity index (χ1n) is 6.38. The van der Waals surface area contributed by atoms with Crippen LogP contribution in [0.4, 0.5) is 0 Å². The van der Waals surface area contributed by atoms with Gasteiger partial charge in [-0.2, -0.15) is 0 Å². The van der Waals surface area contributed by atoms with Gasteiger partial charge in [-0.1, -0.05) is 44.4 Å². The fourth-order valence-corrected chi connectivity index (χ4v) is 2.36. The van der Waals surface area contributed by atoms with Gasteiger partial charge in [0.1, 0.15) is 0 Å². The first-order chi connectivity index (χ1) is 7.38. The molecular formula is C14H25N. The minimum Gasteiger partial charge on any atom is -0.293 e. The van der Waals surface area contributed by atoms with E-state index in [4.69, 9.17) is 0 Å². The monoisotopic (exact) mass is 207 g/mol. The Morgan fingerprint density at radius 1 is 1.13 bits per heavy atom. The van der Waals surface area contributed by atoms with E-state index in [-0.39, 0.29) is 0 Å². The summed E-state index contributed by atoms with van der Waals surface area (Å²) in [4.78, 5) is 2.57. The van der Waals surface area contributed by atoms with Crippen LogP contribution in [0.3, 0.4) is 0 Å². The van der Waals surface area contributed by atoms with Gasteiger partial charge in [0.2, 0.25) is 0 Å². The quantitative estimate of drug-likeness (QED) is 0.599. The molecule has 0 N–H and O–H groups in total. The molecule has 0 aromatic carbocycles. The van der Waals surface area contributed by atoms with E-state index >= 15 is 0 Å². The molecule has 0 bridgehead atoms. The Hall–Kier alpha value is -0.560. The highest BCUT2D eigenvalue weighted by Crippen LogP contribution is 2.22. The maximum atomic E-state index is 3.86. The molecule has 1 aliphatic rings. The topological polar surface area (TPSA) is 3.24 Å². The van der Waals surface area contributed by atoms with Gasteiger partial charge in [-0.05, 0) is 19.3 Å². The van der Waals surface area contributed by atoms with Crippen molar-refractivity contribution in [2.24, 2.45) is 0 Å². The van der Waals surface area contributed by atoms with Crippen molar-refractivity contribution in [1.82, 2.24) is 4.90 Å². The summed E-state index contributed by atoms with van der Waals surface area (Å²) in [5.74, 6) is 0. The first-order valence-corrected chi connectivity index (χ1v) is 6.38. The van der Waals surface area contributed by atoms with E-state index in [0.717, 1.165) is 25.6 Å². The molecule has 1 aliphatic carbocycles. The van der Waals surface area contributed by atoms with Crippen molar-refractivity contribution in [3.8, 4) is 0 Å². The van der Waals surface area contributed by atoms with Crippen LogP contribution in [0.5, 0.6) is 0 Å². The molecule has 86 valence electrons. The summed E-state index contributed by atoms with van der Waals surface area (Å²) in [6.07, 6.45) is 14.8. The minimum absolute atomic E-state index is 0.804. The fraction of sp³-hybridized carbons (Fsp3) is 0.714. The molecule has 0 aromatic heterocycles. The van der Waals surface area contributed by atoms with Crippen molar-refractivity contribution < 1.29 is 0 Å². The van der Waals surface area contributed by atoms with Gasteiger partial charge in [0.15, 0.2) is 0 Å². The van der Waals surface area contributed by atoms with Crippen molar-refractivity contribution in [2.75, 3.05) is 13.1 Å². The van der Waals surface area contributed by atoms with Crippen LogP contribution >= 0.6 is 0 Å². The van der Waals surface area contributed by atoms with E-state index < -0.39 is 0 Å². The number of rotatable bonds is 6. The van der Waals surface area contributed by atoms with Crippen LogP contribution in [-0.2, 0) is 0 Å². The van der Waals surface area contributed by atoms with Gasteiger partial charge in [-0.25, -0.2) is 0 Å². The molecule has 0 aromatic rings. The Balaban J connectivity index is 2.39. The standard InChI is InChI=1S/C14H25N/c1-3-5-9-13-15(12-4-2)14-10-7-6-8-11-14/h4-5,9,14H,2-3,6-8,10-13H2,1H3/b9-5+. The van der Waals surface area contributed by atoms with Gasteiger partial charge in [0.25, 0.3) is 0 Å². The molecule has 0 atom stereocenters. The molecule has 0 aliphatic heterocycles. The zero-order chi connectivity index (χ0) is 10.9. The van der Waals surface area contributed by atoms with E-state index in [2.05, 4.69) is 30.6 Å². The van der Waals surface area contributed by atoms with Gasteiger partial charge in [-0.3, -0.25) is 4.90 Å². The molecule has 1 heteroatoms. The van der Waals surface area contributed by atoms with Crippen molar-refractivity contribution >= 4 is 0 Å². The summed E-state index contributed by atoms with van der Waals surface area (Å²) in [6, 6.07) is 0.804. The third kappa shape index (κ3) is 4.65. The largest absolute Gasteiger partial charge is 0.293 e. The highest BCUT2D eigenvalue weighted by Gasteiger charge is 2.18. The molecule has 0 radical (unpaired) electrons. The predicted octanol–water partition coefficient (Wildman–Crippen LogP) is 3.77. The third-order valence-corrected chi connectivity index (χ3v) is 3.20. The summed E-state index contributed by atoms with van der Waals surface area (Å²) in [6.45, 7) is 8.19.